The molecule has 1 saturated heterocycles. The second-order valence-corrected chi connectivity index (χ2v) is 13.7. The minimum Gasteiger partial charge on any atom is -0.462 e. The van der Waals surface area contributed by atoms with Crippen LogP contribution >= 0.6 is 0 Å². The number of hydrogen-bond donors (Lipinski definition) is 1. The number of nitrogens with zero attached hydrogens (tertiary/aromatic N) is 4. The third-order valence-electron chi connectivity index (χ3n) is 7.75. The first-order valence-electron chi connectivity index (χ1n) is 14.9. The second kappa shape index (κ2) is 14.0. The van der Waals surface area contributed by atoms with E-state index in [1.165, 1.54) is 35.5 Å². The number of hydrogen-bond acceptors (Lipinski definition) is 8. The molecule has 1 aromatic carbocycles. The lowest BCUT2D eigenvalue weighted by molar-refractivity contribution is -0.129. The normalized spacial score (nSPS) is 17.5. The summed E-state index contributed by atoms with van der Waals surface area (Å²) in [6.45, 7) is 10.7. The molecule has 0 spiro atoms. The highest BCUT2D eigenvalue weighted by Gasteiger charge is 2.31. The minimum absolute atomic E-state index is 0.00553. The molecule has 12 nitrogen and oxygen atoms in total. The summed E-state index contributed by atoms with van der Waals surface area (Å²) in [5.41, 5.74) is 1.89. The van der Waals surface area contributed by atoms with E-state index in [-0.39, 0.29) is 42.0 Å². The Labute approximate surface area is 253 Å². The van der Waals surface area contributed by atoms with Crippen LogP contribution in [-0.4, -0.2) is 97.7 Å². The molecule has 0 bridgehead atoms. The molecule has 236 valence electrons. The van der Waals surface area contributed by atoms with Gasteiger partial charge >= 0.3 is 5.97 Å². The van der Waals surface area contributed by atoms with E-state index in [0.717, 1.165) is 24.1 Å². The number of amides is 2. The van der Waals surface area contributed by atoms with Crippen molar-refractivity contribution in [2.24, 2.45) is 5.41 Å². The lowest BCUT2D eigenvalue weighted by Gasteiger charge is -2.33. The fourth-order valence-corrected chi connectivity index (χ4v) is 6.84. The molecule has 0 aliphatic carbocycles. The average Bonchev–Trinajstić information content (AvgIpc) is 3.31. The van der Waals surface area contributed by atoms with Gasteiger partial charge in [-0.15, -0.1) is 0 Å². The summed E-state index contributed by atoms with van der Waals surface area (Å²) in [5, 5.41) is 7.76. The minimum atomic E-state index is -3.84. The number of ether oxygens (including phenoxy) is 2. The van der Waals surface area contributed by atoms with Crippen molar-refractivity contribution in [1.29, 1.82) is 0 Å². The molecule has 2 aliphatic rings. The van der Waals surface area contributed by atoms with Crippen LogP contribution < -0.4 is 5.32 Å². The number of aromatic nitrogens is 2. The van der Waals surface area contributed by atoms with E-state index in [2.05, 4.69) is 5.32 Å². The Morgan fingerprint density at radius 2 is 1.84 bits per heavy atom. The Morgan fingerprint density at radius 3 is 2.53 bits per heavy atom. The molecule has 0 atom stereocenters. The van der Waals surface area contributed by atoms with Crippen molar-refractivity contribution in [3.8, 4) is 0 Å². The zero-order valence-electron chi connectivity index (χ0n) is 25.6. The van der Waals surface area contributed by atoms with Gasteiger partial charge in [0.1, 0.15) is 5.69 Å². The third kappa shape index (κ3) is 8.01. The Bertz CT molecular complexity index is 1430. The first kappa shape index (κ1) is 32.6. The van der Waals surface area contributed by atoms with Crippen LogP contribution in [0, 0.1) is 5.41 Å². The van der Waals surface area contributed by atoms with Crippen molar-refractivity contribution in [2.75, 3.05) is 52.5 Å². The zero-order valence-corrected chi connectivity index (χ0v) is 26.4. The standard InChI is InChI=1S/C30H43N5O7S/c1-5-35-27-25(11-7-17-41-18-8-12-31-28(27)37)26(32-35)20-30(3,4)21-42-29(38)23-9-6-10-24(19-23)43(39,40)34-15-13-33(14-16-34)22(2)36/h6,9-10,19H,5,7-8,11-18,20-21H2,1-4H3,(H,31,37). The molecule has 0 radical (unpaired) electrons. The van der Waals surface area contributed by atoms with Crippen LogP contribution in [0.5, 0.6) is 0 Å². The van der Waals surface area contributed by atoms with Gasteiger partial charge in [-0.1, -0.05) is 19.9 Å². The maximum Gasteiger partial charge on any atom is 0.338 e. The van der Waals surface area contributed by atoms with Crippen molar-refractivity contribution < 1.29 is 32.3 Å². The number of nitrogens with one attached hydrogen (secondary N) is 1. The fraction of sp³-hybridized carbons (Fsp3) is 0.600. The lowest BCUT2D eigenvalue weighted by Crippen LogP contribution is -2.49. The van der Waals surface area contributed by atoms with Crippen LogP contribution in [0.2, 0.25) is 0 Å². The van der Waals surface area contributed by atoms with E-state index in [1.807, 2.05) is 20.8 Å². The summed E-state index contributed by atoms with van der Waals surface area (Å²) in [6.07, 6.45) is 2.65. The van der Waals surface area contributed by atoms with Gasteiger partial charge in [0.25, 0.3) is 5.91 Å². The number of rotatable bonds is 8. The van der Waals surface area contributed by atoms with Gasteiger partial charge in [0, 0.05) is 76.8 Å². The highest BCUT2D eigenvalue weighted by atomic mass is 32.2. The molecule has 1 N–H and O–H groups in total. The second-order valence-electron chi connectivity index (χ2n) is 11.8. The molecule has 2 aromatic rings. The Balaban J connectivity index is 1.44. The van der Waals surface area contributed by atoms with Crippen molar-refractivity contribution in [2.45, 2.75) is 64.8 Å². The summed E-state index contributed by atoms with van der Waals surface area (Å²) in [5.74, 6) is -0.852. The van der Waals surface area contributed by atoms with E-state index < -0.39 is 21.4 Å². The summed E-state index contributed by atoms with van der Waals surface area (Å²) in [7, 11) is -3.84. The number of carbonyl (C=O) groups excluding carboxylic acids is 3. The van der Waals surface area contributed by atoms with Crippen LogP contribution in [-0.2, 0) is 43.7 Å². The predicted molar refractivity (Wildman–Crippen MR) is 159 cm³/mol. The first-order valence-corrected chi connectivity index (χ1v) is 16.3. The smallest absolute Gasteiger partial charge is 0.338 e. The highest BCUT2D eigenvalue weighted by molar-refractivity contribution is 7.89. The Morgan fingerprint density at radius 1 is 1.12 bits per heavy atom. The maximum absolute atomic E-state index is 13.3. The van der Waals surface area contributed by atoms with Gasteiger partial charge < -0.3 is 19.7 Å². The van der Waals surface area contributed by atoms with Crippen molar-refractivity contribution >= 4 is 27.8 Å². The van der Waals surface area contributed by atoms with Gasteiger partial charge in [0.15, 0.2) is 0 Å². The van der Waals surface area contributed by atoms with Gasteiger partial charge in [0.05, 0.1) is 22.8 Å². The summed E-state index contributed by atoms with van der Waals surface area (Å²) < 4.78 is 41.0. The lowest BCUT2D eigenvalue weighted by atomic mass is 9.86. The van der Waals surface area contributed by atoms with E-state index in [4.69, 9.17) is 14.6 Å². The average molecular weight is 618 g/mol. The number of sulfonamides is 1. The van der Waals surface area contributed by atoms with Crippen molar-refractivity contribution in [1.82, 2.24) is 24.3 Å². The van der Waals surface area contributed by atoms with Crippen LogP contribution in [0.3, 0.4) is 0 Å². The van der Waals surface area contributed by atoms with Gasteiger partial charge in [0.2, 0.25) is 15.9 Å². The molecular formula is C30H43N5O7S. The quantitative estimate of drug-likeness (QED) is 0.445. The van der Waals surface area contributed by atoms with E-state index >= 15 is 0 Å². The monoisotopic (exact) mass is 617 g/mol. The van der Waals surface area contributed by atoms with Crippen LogP contribution in [0.15, 0.2) is 29.2 Å². The number of piperazine rings is 1. The molecule has 4 rings (SSSR count). The number of fused-ring (bicyclic) bond motifs is 1. The van der Waals surface area contributed by atoms with Crippen LogP contribution in [0.1, 0.15) is 72.6 Å². The maximum atomic E-state index is 13.3. The highest BCUT2D eigenvalue weighted by Crippen LogP contribution is 2.28. The van der Waals surface area contributed by atoms with E-state index in [0.29, 0.717) is 57.9 Å². The van der Waals surface area contributed by atoms with E-state index in [9.17, 15) is 22.8 Å². The third-order valence-corrected chi connectivity index (χ3v) is 9.64. The zero-order chi connectivity index (χ0) is 31.2. The van der Waals surface area contributed by atoms with Crippen molar-refractivity contribution in [3.05, 3.63) is 46.8 Å². The molecule has 1 aromatic heterocycles. The summed E-state index contributed by atoms with van der Waals surface area (Å²) in [6, 6.07) is 5.85. The molecule has 0 unspecified atom stereocenters. The Hall–Kier alpha value is -3.29. The fourth-order valence-electron chi connectivity index (χ4n) is 5.37. The van der Waals surface area contributed by atoms with E-state index in [1.54, 1.807) is 9.58 Å². The van der Waals surface area contributed by atoms with Crippen LogP contribution in [0.4, 0.5) is 0 Å². The molecule has 13 heteroatoms. The Kier molecular flexibility index (Phi) is 10.6. The number of esters is 1. The largest absolute Gasteiger partial charge is 0.462 e. The number of aryl methyl sites for hydroxylation is 1. The molecule has 3 heterocycles. The SMILES string of the molecule is CCn1nc(CC(C)(C)COC(=O)c2cccc(S(=O)(=O)N3CCN(C(C)=O)CC3)c2)c2c1C(=O)NCCCOCCC2. The summed E-state index contributed by atoms with van der Waals surface area (Å²) >= 11 is 0. The molecule has 0 saturated carbocycles. The first-order chi connectivity index (χ1) is 20.4. The number of benzene rings is 1. The van der Waals surface area contributed by atoms with Crippen molar-refractivity contribution in [3.63, 3.8) is 0 Å². The van der Waals surface area contributed by atoms with Crippen LogP contribution in [0.25, 0.3) is 0 Å². The van der Waals surface area contributed by atoms with Gasteiger partial charge in [-0.2, -0.15) is 9.40 Å². The molecule has 2 aliphatic heterocycles. The molecule has 1 fully saturated rings. The van der Waals surface area contributed by atoms with Gasteiger partial charge in [-0.25, -0.2) is 13.2 Å². The predicted octanol–water partition coefficient (Wildman–Crippen LogP) is 2.26. The molecule has 43 heavy (non-hydrogen) atoms. The molecule has 2 amide bonds. The van der Waals surface area contributed by atoms with Gasteiger partial charge in [-0.3, -0.25) is 14.3 Å². The number of carbonyl (C=O) groups is 3. The topological polar surface area (TPSA) is 140 Å². The van der Waals surface area contributed by atoms with Gasteiger partial charge in [-0.05, 0) is 44.4 Å². The summed E-state index contributed by atoms with van der Waals surface area (Å²) in [4.78, 5) is 39.4. The molecular weight excluding hydrogens is 574 g/mol.